The quantitative estimate of drug-likeness (QED) is 0.802. The Hall–Kier alpha value is -1.80. The molecule has 2 fully saturated rings. The van der Waals surface area contributed by atoms with E-state index < -0.39 is 5.41 Å². The fourth-order valence-corrected chi connectivity index (χ4v) is 3.21. The summed E-state index contributed by atoms with van der Waals surface area (Å²) in [6.45, 7) is 5.26. The Morgan fingerprint density at radius 2 is 2.14 bits per heavy atom. The van der Waals surface area contributed by atoms with Crippen LogP contribution in [0.25, 0.3) is 0 Å². The van der Waals surface area contributed by atoms with Crippen molar-refractivity contribution in [1.82, 2.24) is 4.57 Å². The van der Waals surface area contributed by atoms with Gasteiger partial charge in [-0.15, -0.1) is 0 Å². The molecule has 22 heavy (non-hydrogen) atoms. The smallest absolute Gasteiger partial charge is 0.340 e. The summed E-state index contributed by atoms with van der Waals surface area (Å²) in [7, 11) is 0. The lowest BCUT2D eigenvalue weighted by Gasteiger charge is -2.29. The predicted octanol–water partition coefficient (Wildman–Crippen LogP) is 2.92. The molecule has 0 amide bonds. The molecule has 3 rings (SSSR count). The standard InChI is InChI=1S/C17H22N2O3/c1-12-9-15(13(2)19(12)14-3-4-14)16(20)22-11-17(10-18)5-7-21-8-6-17/h9,14H,3-8,11H2,1-2H3. The molecule has 1 saturated heterocycles. The third-order valence-corrected chi connectivity index (χ3v) is 4.78. The van der Waals surface area contributed by atoms with Crippen LogP contribution in [0.1, 0.15) is 53.5 Å². The molecule has 0 spiro atoms. The molecule has 1 aliphatic heterocycles. The number of nitriles is 1. The molecule has 0 atom stereocenters. The molecule has 1 saturated carbocycles. The number of aromatic nitrogens is 1. The second kappa shape index (κ2) is 5.77. The summed E-state index contributed by atoms with van der Waals surface area (Å²) in [6, 6.07) is 4.77. The van der Waals surface area contributed by atoms with Crippen LogP contribution in [0.2, 0.25) is 0 Å². The van der Waals surface area contributed by atoms with Crippen LogP contribution >= 0.6 is 0 Å². The Morgan fingerprint density at radius 3 is 2.73 bits per heavy atom. The van der Waals surface area contributed by atoms with E-state index in [-0.39, 0.29) is 12.6 Å². The molecule has 1 aromatic heterocycles. The predicted molar refractivity (Wildman–Crippen MR) is 80.6 cm³/mol. The van der Waals surface area contributed by atoms with E-state index in [1.807, 2.05) is 19.9 Å². The zero-order valence-electron chi connectivity index (χ0n) is 13.2. The van der Waals surface area contributed by atoms with Gasteiger partial charge in [-0.05, 0) is 45.6 Å². The summed E-state index contributed by atoms with van der Waals surface area (Å²) in [6.07, 6.45) is 3.61. The van der Waals surface area contributed by atoms with E-state index in [0.717, 1.165) is 11.4 Å². The summed E-state index contributed by atoms with van der Waals surface area (Å²) in [5.74, 6) is -0.318. The van der Waals surface area contributed by atoms with Gasteiger partial charge in [0.05, 0.1) is 17.0 Å². The molecule has 118 valence electrons. The van der Waals surface area contributed by atoms with Crippen LogP contribution in [0.5, 0.6) is 0 Å². The van der Waals surface area contributed by atoms with Gasteiger partial charge in [-0.2, -0.15) is 5.26 Å². The Morgan fingerprint density at radius 1 is 1.45 bits per heavy atom. The van der Waals surface area contributed by atoms with Gasteiger partial charge >= 0.3 is 5.97 Å². The van der Waals surface area contributed by atoms with Gasteiger partial charge in [-0.3, -0.25) is 0 Å². The molecule has 5 nitrogen and oxygen atoms in total. The largest absolute Gasteiger partial charge is 0.460 e. The molecule has 5 heteroatoms. The van der Waals surface area contributed by atoms with Gasteiger partial charge in [0.25, 0.3) is 0 Å². The van der Waals surface area contributed by atoms with Crippen molar-refractivity contribution >= 4 is 5.97 Å². The molecule has 0 unspecified atom stereocenters. The first kappa shape index (κ1) is 15.1. The van der Waals surface area contributed by atoms with Crippen molar-refractivity contribution in [2.75, 3.05) is 19.8 Å². The molecule has 0 radical (unpaired) electrons. The van der Waals surface area contributed by atoms with Gasteiger partial charge in [0.15, 0.2) is 0 Å². The van der Waals surface area contributed by atoms with Crippen LogP contribution in [0.3, 0.4) is 0 Å². The van der Waals surface area contributed by atoms with Crippen LogP contribution < -0.4 is 0 Å². The molecule has 0 aromatic carbocycles. The zero-order chi connectivity index (χ0) is 15.7. The van der Waals surface area contributed by atoms with Crippen molar-refractivity contribution in [2.24, 2.45) is 5.41 Å². The number of hydrogen-bond acceptors (Lipinski definition) is 4. The van der Waals surface area contributed by atoms with Gasteiger partial charge in [-0.1, -0.05) is 0 Å². The molecular formula is C17H22N2O3. The van der Waals surface area contributed by atoms with Gasteiger partial charge in [0.2, 0.25) is 0 Å². The number of hydrogen-bond donors (Lipinski definition) is 0. The molecule has 1 aromatic rings. The first-order chi connectivity index (χ1) is 10.6. The highest BCUT2D eigenvalue weighted by atomic mass is 16.5. The lowest BCUT2D eigenvalue weighted by Crippen LogP contribution is -2.33. The maximum Gasteiger partial charge on any atom is 0.340 e. The van der Waals surface area contributed by atoms with Crippen molar-refractivity contribution < 1.29 is 14.3 Å². The maximum absolute atomic E-state index is 12.4. The average molecular weight is 302 g/mol. The fraction of sp³-hybridized carbons (Fsp3) is 0.647. The number of aryl methyl sites for hydroxylation is 1. The van der Waals surface area contributed by atoms with E-state index in [0.29, 0.717) is 37.7 Å². The highest BCUT2D eigenvalue weighted by molar-refractivity contribution is 5.91. The van der Waals surface area contributed by atoms with E-state index in [1.165, 1.54) is 12.8 Å². The number of esters is 1. The van der Waals surface area contributed by atoms with E-state index in [9.17, 15) is 10.1 Å². The summed E-state index contributed by atoms with van der Waals surface area (Å²) in [4.78, 5) is 12.4. The van der Waals surface area contributed by atoms with Gasteiger partial charge < -0.3 is 14.0 Å². The normalized spacial score (nSPS) is 20.4. The minimum Gasteiger partial charge on any atom is -0.460 e. The summed E-state index contributed by atoms with van der Waals surface area (Å²) in [5, 5.41) is 9.41. The SMILES string of the molecule is Cc1cc(C(=O)OCC2(C#N)CCOCC2)c(C)n1C1CC1. The molecule has 0 bridgehead atoms. The molecule has 0 N–H and O–H groups in total. The van der Waals surface area contributed by atoms with E-state index in [1.54, 1.807) is 0 Å². The first-order valence-corrected chi connectivity index (χ1v) is 7.91. The van der Waals surface area contributed by atoms with Gasteiger partial charge in [0.1, 0.15) is 6.61 Å². The number of nitrogens with zero attached hydrogens (tertiary/aromatic N) is 2. The Labute approximate surface area is 130 Å². The van der Waals surface area contributed by atoms with Crippen LogP contribution in [0.15, 0.2) is 6.07 Å². The van der Waals surface area contributed by atoms with Gasteiger partial charge in [0, 0.05) is 30.6 Å². The second-order valence-corrected chi connectivity index (χ2v) is 6.47. The van der Waals surface area contributed by atoms with Crippen molar-refractivity contribution in [3.63, 3.8) is 0 Å². The topological polar surface area (TPSA) is 64.2 Å². The third kappa shape index (κ3) is 2.76. The summed E-state index contributed by atoms with van der Waals surface area (Å²) >= 11 is 0. The second-order valence-electron chi connectivity index (χ2n) is 6.47. The van der Waals surface area contributed by atoms with Crippen LogP contribution in [0, 0.1) is 30.6 Å². The monoisotopic (exact) mass is 302 g/mol. The number of ether oxygens (including phenoxy) is 2. The first-order valence-electron chi connectivity index (χ1n) is 7.91. The fourth-order valence-electron chi connectivity index (χ4n) is 3.21. The van der Waals surface area contributed by atoms with E-state index >= 15 is 0 Å². The van der Waals surface area contributed by atoms with Crippen LogP contribution in [0.4, 0.5) is 0 Å². The third-order valence-electron chi connectivity index (χ3n) is 4.78. The summed E-state index contributed by atoms with van der Waals surface area (Å²) in [5.41, 5.74) is 2.12. The molecule has 2 heterocycles. The number of carbonyl (C=O) groups excluding carboxylic acids is 1. The average Bonchev–Trinajstić information content (AvgIpc) is 3.31. The van der Waals surface area contributed by atoms with Crippen LogP contribution in [-0.4, -0.2) is 30.4 Å². The zero-order valence-corrected chi connectivity index (χ0v) is 13.2. The van der Waals surface area contributed by atoms with Crippen molar-refractivity contribution in [3.05, 3.63) is 23.0 Å². The molecule has 2 aliphatic rings. The Kier molecular flexibility index (Phi) is 3.96. The van der Waals surface area contributed by atoms with E-state index in [2.05, 4.69) is 10.6 Å². The summed E-state index contributed by atoms with van der Waals surface area (Å²) < 4.78 is 13.0. The minimum absolute atomic E-state index is 0.152. The van der Waals surface area contributed by atoms with E-state index in [4.69, 9.17) is 9.47 Å². The lowest BCUT2D eigenvalue weighted by molar-refractivity contribution is -0.00470. The number of carbonyl (C=O) groups is 1. The highest BCUT2D eigenvalue weighted by Crippen LogP contribution is 2.38. The Bertz CT molecular complexity index is 617. The number of rotatable bonds is 4. The minimum atomic E-state index is -0.587. The Balaban J connectivity index is 1.70. The van der Waals surface area contributed by atoms with Gasteiger partial charge in [-0.25, -0.2) is 4.79 Å². The molecule has 1 aliphatic carbocycles. The van der Waals surface area contributed by atoms with Crippen molar-refractivity contribution in [2.45, 2.75) is 45.6 Å². The molecular weight excluding hydrogens is 280 g/mol. The maximum atomic E-state index is 12.4. The lowest BCUT2D eigenvalue weighted by atomic mass is 9.83. The van der Waals surface area contributed by atoms with Crippen LogP contribution in [-0.2, 0) is 9.47 Å². The van der Waals surface area contributed by atoms with Crippen molar-refractivity contribution in [1.29, 1.82) is 5.26 Å². The highest BCUT2D eigenvalue weighted by Gasteiger charge is 2.35. The van der Waals surface area contributed by atoms with Crippen molar-refractivity contribution in [3.8, 4) is 6.07 Å².